The van der Waals surface area contributed by atoms with Gasteiger partial charge in [0, 0.05) is 25.1 Å². The molecule has 0 spiro atoms. The minimum Gasteiger partial charge on any atom is -0.382 e. The first-order chi connectivity index (χ1) is 7.33. The number of nitrogens with one attached hydrogen (secondary N) is 1. The Balaban J connectivity index is 1.93. The van der Waals surface area contributed by atoms with Crippen LogP contribution in [0.5, 0.6) is 0 Å². The van der Waals surface area contributed by atoms with Crippen LogP contribution < -0.4 is 5.32 Å². The zero-order valence-electron chi connectivity index (χ0n) is 8.79. The molecule has 0 atom stereocenters. The van der Waals surface area contributed by atoms with Crippen molar-refractivity contribution in [1.82, 2.24) is 5.32 Å². The number of rotatable bonds is 8. The van der Waals surface area contributed by atoms with Crippen molar-refractivity contribution < 1.29 is 9.47 Å². The van der Waals surface area contributed by atoms with Gasteiger partial charge in [-0.25, -0.2) is 0 Å². The zero-order chi connectivity index (χ0) is 10.9. The summed E-state index contributed by atoms with van der Waals surface area (Å²) in [5.74, 6) is 0. The van der Waals surface area contributed by atoms with Crippen LogP contribution in [-0.2, 0) is 16.0 Å². The first kappa shape index (κ1) is 12.9. The first-order valence-corrected chi connectivity index (χ1v) is 6.04. The molecule has 3 nitrogen and oxygen atoms in total. The van der Waals surface area contributed by atoms with Gasteiger partial charge in [-0.15, -0.1) is 11.3 Å². The first-order valence-electron chi connectivity index (χ1n) is 4.84. The van der Waals surface area contributed by atoms with Crippen LogP contribution in [0.2, 0.25) is 4.34 Å². The van der Waals surface area contributed by atoms with Crippen LogP contribution in [0.3, 0.4) is 0 Å². The quantitative estimate of drug-likeness (QED) is 0.717. The molecule has 0 bridgehead atoms. The number of thiophene rings is 1. The van der Waals surface area contributed by atoms with E-state index in [0.717, 1.165) is 17.4 Å². The topological polar surface area (TPSA) is 30.5 Å². The van der Waals surface area contributed by atoms with Crippen LogP contribution in [0.1, 0.15) is 4.88 Å². The second-order valence-electron chi connectivity index (χ2n) is 2.99. The van der Waals surface area contributed by atoms with Crippen LogP contribution in [0.15, 0.2) is 12.1 Å². The molecule has 0 fully saturated rings. The summed E-state index contributed by atoms with van der Waals surface area (Å²) in [5.41, 5.74) is 0. The Bertz CT molecular complexity index is 268. The Morgan fingerprint density at radius 1 is 1.33 bits per heavy atom. The van der Waals surface area contributed by atoms with Gasteiger partial charge in [0.25, 0.3) is 0 Å². The van der Waals surface area contributed by atoms with Crippen molar-refractivity contribution in [2.24, 2.45) is 0 Å². The Labute approximate surface area is 99.3 Å². The third-order valence-electron chi connectivity index (χ3n) is 1.78. The van der Waals surface area contributed by atoms with Crippen molar-refractivity contribution in [3.05, 3.63) is 21.3 Å². The van der Waals surface area contributed by atoms with E-state index in [1.807, 2.05) is 12.1 Å². The number of methoxy groups -OCH3 is 1. The molecule has 15 heavy (non-hydrogen) atoms. The molecule has 0 amide bonds. The fourth-order valence-corrected chi connectivity index (χ4v) is 2.10. The number of hydrogen-bond acceptors (Lipinski definition) is 4. The van der Waals surface area contributed by atoms with E-state index in [1.54, 1.807) is 18.4 Å². The minimum atomic E-state index is 0.653. The normalized spacial score (nSPS) is 10.8. The fourth-order valence-electron chi connectivity index (χ4n) is 1.05. The van der Waals surface area contributed by atoms with E-state index in [1.165, 1.54) is 4.88 Å². The maximum absolute atomic E-state index is 5.81. The van der Waals surface area contributed by atoms with Gasteiger partial charge in [0.05, 0.1) is 24.2 Å². The van der Waals surface area contributed by atoms with Gasteiger partial charge in [-0.3, -0.25) is 0 Å². The molecule has 0 aliphatic rings. The van der Waals surface area contributed by atoms with Gasteiger partial charge in [0.15, 0.2) is 0 Å². The van der Waals surface area contributed by atoms with E-state index in [-0.39, 0.29) is 0 Å². The standard InChI is InChI=1S/C10H16ClNO2S/c1-13-6-7-14-5-4-12-8-9-2-3-10(11)15-9/h2-3,12H,4-8H2,1H3. The predicted octanol–water partition coefficient (Wildman–Crippen LogP) is 2.15. The van der Waals surface area contributed by atoms with Crippen LogP contribution >= 0.6 is 22.9 Å². The lowest BCUT2D eigenvalue weighted by atomic mass is 10.4. The maximum atomic E-state index is 5.81. The third-order valence-corrected chi connectivity index (χ3v) is 3.01. The Morgan fingerprint density at radius 2 is 2.20 bits per heavy atom. The van der Waals surface area contributed by atoms with Crippen molar-refractivity contribution in [3.63, 3.8) is 0 Å². The summed E-state index contributed by atoms with van der Waals surface area (Å²) in [6.07, 6.45) is 0. The summed E-state index contributed by atoms with van der Waals surface area (Å²) in [4.78, 5) is 1.25. The molecule has 1 rings (SSSR count). The molecule has 0 unspecified atom stereocenters. The van der Waals surface area contributed by atoms with E-state index in [9.17, 15) is 0 Å². The minimum absolute atomic E-state index is 0.653. The zero-order valence-corrected chi connectivity index (χ0v) is 10.4. The van der Waals surface area contributed by atoms with Gasteiger partial charge >= 0.3 is 0 Å². The highest BCUT2D eigenvalue weighted by molar-refractivity contribution is 7.16. The number of hydrogen-bond donors (Lipinski definition) is 1. The largest absolute Gasteiger partial charge is 0.382 e. The summed E-state index contributed by atoms with van der Waals surface area (Å²) >= 11 is 7.41. The molecule has 0 aromatic carbocycles. The molecule has 1 aromatic heterocycles. The molecule has 0 saturated heterocycles. The molecule has 1 aromatic rings. The van der Waals surface area contributed by atoms with Gasteiger partial charge < -0.3 is 14.8 Å². The number of ether oxygens (including phenoxy) is 2. The van der Waals surface area contributed by atoms with Gasteiger partial charge in [-0.2, -0.15) is 0 Å². The monoisotopic (exact) mass is 249 g/mol. The highest BCUT2D eigenvalue weighted by Gasteiger charge is 1.96. The average molecular weight is 250 g/mol. The Morgan fingerprint density at radius 3 is 2.87 bits per heavy atom. The maximum Gasteiger partial charge on any atom is 0.0931 e. The molecule has 1 N–H and O–H groups in total. The second kappa shape index (κ2) is 8.07. The summed E-state index contributed by atoms with van der Waals surface area (Å²) in [6.45, 7) is 3.72. The van der Waals surface area contributed by atoms with E-state index in [2.05, 4.69) is 5.32 Å². The van der Waals surface area contributed by atoms with Gasteiger partial charge in [-0.1, -0.05) is 11.6 Å². The van der Waals surface area contributed by atoms with Gasteiger partial charge in [-0.05, 0) is 12.1 Å². The van der Waals surface area contributed by atoms with E-state index >= 15 is 0 Å². The van der Waals surface area contributed by atoms with E-state index < -0.39 is 0 Å². The molecule has 5 heteroatoms. The van der Waals surface area contributed by atoms with Crippen molar-refractivity contribution in [3.8, 4) is 0 Å². The molecule has 0 saturated carbocycles. The third kappa shape index (κ3) is 6.12. The van der Waals surface area contributed by atoms with Crippen LogP contribution in [0.25, 0.3) is 0 Å². The molecule has 86 valence electrons. The van der Waals surface area contributed by atoms with Crippen LogP contribution in [-0.4, -0.2) is 33.5 Å². The molecule has 0 radical (unpaired) electrons. The van der Waals surface area contributed by atoms with Crippen molar-refractivity contribution in [2.75, 3.05) is 33.5 Å². The van der Waals surface area contributed by atoms with Crippen LogP contribution in [0.4, 0.5) is 0 Å². The van der Waals surface area contributed by atoms with E-state index in [0.29, 0.717) is 19.8 Å². The lowest BCUT2D eigenvalue weighted by Gasteiger charge is -2.04. The fraction of sp³-hybridized carbons (Fsp3) is 0.600. The SMILES string of the molecule is COCCOCCNCc1ccc(Cl)s1. The molecule has 1 heterocycles. The molecular weight excluding hydrogens is 234 g/mol. The molecule has 0 aliphatic heterocycles. The lowest BCUT2D eigenvalue weighted by molar-refractivity contribution is 0.0719. The smallest absolute Gasteiger partial charge is 0.0931 e. The summed E-state index contributed by atoms with van der Waals surface area (Å²) in [5, 5.41) is 3.28. The number of halogens is 1. The van der Waals surface area contributed by atoms with Crippen molar-refractivity contribution in [2.45, 2.75) is 6.54 Å². The lowest BCUT2D eigenvalue weighted by Crippen LogP contribution is -2.19. The summed E-state index contributed by atoms with van der Waals surface area (Å²) in [7, 11) is 1.67. The Hall–Kier alpha value is -0.130. The molecule has 0 aliphatic carbocycles. The highest BCUT2D eigenvalue weighted by Crippen LogP contribution is 2.20. The van der Waals surface area contributed by atoms with Gasteiger partial charge in [0.2, 0.25) is 0 Å². The highest BCUT2D eigenvalue weighted by atomic mass is 35.5. The predicted molar refractivity (Wildman–Crippen MR) is 63.7 cm³/mol. The van der Waals surface area contributed by atoms with Crippen molar-refractivity contribution in [1.29, 1.82) is 0 Å². The second-order valence-corrected chi connectivity index (χ2v) is 4.79. The van der Waals surface area contributed by atoms with Crippen molar-refractivity contribution >= 4 is 22.9 Å². The van der Waals surface area contributed by atoms with Gasteiger partial charge in [0.1, 0.15) is 0 Å². The average Bonchev–Trinajstić information content (AvgIpc) is 2.63. The molecular formula is C10H16ClNO2S. The Kier molecular flexibility index (Phi) is 6.96. The summed E-state index contributed by atoms with van der Waals surface area (Å²) in [6, 6.07) is 3.95. The summed E-state index contributed by atoms with van der Waals surface area (Å²) < 4.78 is 11.0. The van der Waals surface area contributed by atoms with Crippen LogP contribution in [0, 0.1) is 0 Å². The van der Waals surface area contributed by atoms with E-state index in [4.69, 9.17) is 21.1 Å².